The molecule has 0 amide bonds. The van der Waals surface area contributed by atoms with Crippen LogP contribution in [-0.4, -0.2) is 43.2 Å². The van der Waals surface area contributed by atoms with E-state index in [9.17, 15) is 0 Å². The minimum atomic E-state index is -0.194. The van der Waals surface area contributed by atoms with Crippen molar-refractivity contribution in [1.82, 2.24) is 0 Å². The minimum absolute atomic E-state index is 0.0235. The largest absolute Gasteiger partial charge is 0.493 e. The number of allylic oxidation sites excluding steroid dienone is 2. The van der Waals surface area contributed by atoms with Gasteiger partial charge >= 0.3 is 0 Å². The number of hydrogen-bond acceptors (Lipinski definition) is 4. The maximum Gasteiger partial charge on any atom is 0.125 e. The Kier molecular flexibility index (Phi) is 4.36. The second-order valence-corrected chi connectivity index (χ2v) is 7.74. The van der Waals surface area contributed by atoms with Crippen molar-refractivity contribution in [3.05, 3.63) is 24.0 Å². The molecule has 3 fully saturated rings. The normalized spacial score (nSPS) is 44.7. The summed E-state index contributed by atoms with van der Waals surface area (Å²) in [5.41, 5.74) is 1.06. The number of epoxide rings is 2. The second-order valence-electron chi connectivity index (χ2n) is 7.74. The third-order valence-corrected chi connectivity index (χ3v) is 5.59. The summed E-state index contributed by atoms with van der Waals surface area (Å²) in [7, 11) is 1.77. The number of methoxy groups -OCH3 is 1. The number of rotatable bonds is 6. The Bertz CT molecular complexity index is 503. The fourth-order valence-electron chi connectivity index (χ4n) is 4.33. The first kappa shape index (κ1) is 17.0. The van der Waals surface area contributed by atoms with Crippen molar-refractivity contribution in [3.8, 4) is 0 Å². The van der Waals surface area contributed by atoms with Gasteiger partial charge in [0, 0.05) is 7.11 Å². The molecule has 2 saturated heterocycles. The lowest BCUT2D eigenvalue weighted by molar-refractivity contribution is -0.124. The Morgan fingerprint density at radius 2 is 2.04 bits per heavy atom. The summed E-state index contributed by atoms with van der Waals surface area (Å²) < 4.78 is 23.9. The summed E-state index contributed by atoms with van der Waals surface area (Å²) in [5, 5.41) is 0. The molecule has 0 unspecified atom stereocenters. The predicted octanol–water partition coefficient (Wildman–Crippen LogP) is 3.61. The van der Waals surface area contributed by atoms with Crippen LogP contribution in [0, 0.1) is 5.92 Å². The van der Waals surface area contributed by atoms with Crippen LogP contribution in [0.15, 0.2) is 24.0 Å². The van der Waals surface area contributed by atoms with Gasteiger partial charge < -0.3 is 18.9 Å². The Labute approximate surface area is 139 Å². The van der Waals surface area contributed by atoms with Gasteiger partial charge in [-0.1, -0.05) is 18.2 Å². The first-order chi connectivity index (χ1) is 10.8. The quantitative estimate of drug-likeness (QED) is 0.426. The third-order valence-electron chi connectivity index (χ3n) is 5.59. The Morgan fingerprint density at radius 3 is 2.57 bits per heavy atom. The SMILES string of the molecule is C=C(C)O[C@@H]1CC[C@]2(CO2)[C@@H]([C@@]2(C)O[C@@H]2CC=C(C)C)[C@@H]1OC. The van der Waals surface area contributed by atoms with Gasteiger partial charge in [-0.2, -0.15) is 0 Å². The number of hydrogen-bond donors (Lipinski definition) is 0. The van der Waals surface area contributed by atoms with E-state index < -0.39 is 0 Å². The van der Waals surface area contributed by atoms with Crippen LogP contribution in [-0.2, 0) is 18.9 Å². The zero-order valence-corrected chi connectivity index (χ0v) is 15.1. The molecule has 1 spiro atoms. The second kappa shape index (κ2) is 5.91. The summed E-state index contributed by atoms with van der Waals surface area (Å²) >= 11 is 0. The Morgan fingerprint density at radius 1 is 1.35 bits per heavy atom. The fraction of sp³-hybridized carbons (Fsp3) is 0.789. The molecule has 6 atom stereocenters. The molecule has 3 rings (SSSR count). The number of ether oxygens (including phenoxy) is 4. The standard InChI is InChI=1S/C19H30O4/c1-12(2)7-8-15-18(5,23-15)17-16(20-6)14(22-13(3)4)9-10-19(17)11-21-19/h7,14-17H,3,8-11H2,1-2,4-6H3/t14-,15-,16-,17-,18+,19+/m1/s1. The van der Waals surface area contributed by atoms with Crippen LogP contribution in [0.25, 0.3) is 0 Å². The third kappa shape index (κ3) is 3.09. The molecule has 0 N–H and O–H groups in total. The predicted molar refractivity (Wildman–Crippen MR) is 89.2 cm³/mol. The van der Waals surface area contributed by atoms with E-state index in [0.717, 1.165) is 31.6 Å². The summed E-state index contributed by atoms with van der Waals surface area (Å²) in [5.74, 6) is 0.945. The van der Waals surface area contributed by atoms with Crippen molar-refractivity contribution in [1.29, 1.82) is 0 Å². The average molecular weight is 322 g/mol. The van der Waals surface area contributed by atoms with Gasteiger partial charge in [-0.15, -0.1) is 0 Å². The van der Waals surface area contributed by atoms with Crippen LogP contribution < -0.4 is 0 Å². The van der Waals surface area contributed by atoms with Gasteiger partial charge in [-0.25, -0.2) is 0 Å². The van der Waals surface area contributed by atoms with E-state index >= 15 is 0 Å². The van der Waals surface area contributed by atoms with E-state index in [4.69, 9.17) is 18.9 Å². The highest BCUT2D eigenvalue weighted by atomic mass is 16.6. The average Bonchev–Trinajstić information content (AvgIpc) is 3.37. The van der Waals surface area contributed by atoms with Crippen molar-refractivity contribution in [2.24, 2.45) is 5.92 Å². The monoisotopic (exact) mass is 322 g/mol. The highest BCUT2D eigenvalue weighted by molar-refractivity contribution is 5.21. The van der Waals surface area contributed by atoms with Gasteiger partial charge in [-0.3, -0.25) is 0 Å². The molecule has 0 aromatic rings. The molecule has 1 saturated carbocycles. The van der Waals surface area contributed by atoms with Gasteiger partial charge in [0.15, 0.2) is 0 Å². The minimum Gasteiger partial charge on any atom is -0.493 e. The van der Waals surface area contributed by atoms with Crippen molar-refractivity contribution in [2.45, 2.75) is 76.5 Å². The van der Waals surface area contributed by atoms with Gasteiger partial charge in [0.05, 0.1) is 24.4 Å². The van der Waals surface area contributed by atoms with E-state index in [1.807, 2.05) is 6.92 Å². The van der Waals surface area contributed by atoms with Gasteiger partial charge in [-0.05, 0) is 47.0 Å². The molecular weight excluding hydrogens is 292 g/mol. The molecule has 3 aliphatic rings. The van der Waals surface area contributed by atoms with Gasteiger partial charge in [0.25, 0.3) is 0 Å². The van der Waals surface area contributed by atoms with Crippen molar-refractivity contribution >= 4 is 0 Å². The molecule has 0 aromatic carbocycles. The zero-order chi connectivity index (χ0) is 16.8. The maximum absolute atomic E-state index is 6.17. The smallest absolute Gasteiger partial charge is 0.125 e. The molecule has 0 aromatic heterocycles. The van der Waals surface area contributed by atoms with Crippen LogP contribution in [0.1, 0.15) is 47.0 Å². The van der Waals surface area contributed by atoms with E-state index in [1.165, 1.54) is 5.57 Å². The molecule has 4 heteroatoms. The molecule has 2 heterocycles. The van der Waals surface area contributed by atoms with Crippen LogP contribution in [0.4, 0.5) is 0 Å². The molecule has 0 bridgehead atoms. The van der Waals surface area contributed by atoms with Crippen LogP contribution >= 0.6 is 0 Å². The van der Waals surface area contributed by atoms with Gasteiger partial charge in [0.2, 0.25) is 0 Å². The maximum atomic E-state index is 6.17. The summed E-state index contributed by atoms with van der Waals surface area (Å²) in [6, 6.07) is 0. The van der Waals surface area contributed by atoms with Gasteiger partial charge in [0.1, 0.15) is 23.4 Å². The lowest BCUT2D eigenvalue weighted by Gasteiger charge is -2.43. The van der Waals surface area contributed by atoms with Crippen LogP contribution in [0.2, 0.25) is 0 Å². The summed E-state index contributed by atoms with van der Waals surface area (Å²) in [6.45, 7) is 13.1. The first-order valence-corrected chi connectivity index (χ1v) is 8.62. The van der Waals surface area contributed by atoms with Crippen LogP contribution in [0.3, 0.4) is 0 Å². The lowest BCUT2D eigenvalue weighted by Crippen LogP contribution is -2.55. The van der Waals surface area contributed by atoms with E-state index in [0.29, 0.717) is 0 Å². The van der Waals surface area contributed by atoms with E-state index in [1.54, 1.807) is 7.11 Å². The lowest BCUT2D eigenvalue weighted by atomic mass is 9.68. The van der Waals surface area contributed by atoms with Crippen molar-refractivity contribution < 1.29 is 18.9 Å². The first-order valence-electron chi connectivity index (χ1n) is 8.62. The van der Waals surface area contributed by atoms with E-state index in [-0.39, 0.29) is 35.4 Å². The Hall–Kier alpha value is -0.840. The highest BCUT2D eigenvalue weighted by Gasteiger charge is 2.72. The molecule has 1 aliphatic carbocycles. The summed E-state index contributed by atoms with van der Waals surface area (Å²) in [4.78, 5) is 0. The summed E-state index contributed by atoms with van der Waals surface area (Å²) in [6.07, 6.45) is 5.40. The molecule has 23 heavy (non-hydrogen) atoms. The highest BCUT2D eigenvalue weighted by Crippen LogP contribution is 2.59. The topological polar surface area (TPSA) is 43.5 Å². The zero-order valence-electron chi connectivity index (χ0n) is 15.1. The Balaban J connectivity index is 1.79. The fourth-order valence-corrected chi connectivity index (χ4v) is 4.33. The molecule has 0 radical (unpaired) electrons. The van der Waals surface area contributed by atoms with Crippen molar-refractivity contribution in [2.75, 3.05) is 13.7 Å². The van der Waals surface area contributed by atoms with Crippen molar-refractivity contribution in [3.63, 3.8) is 0 Å². The molecule has 4 nitrogen and oxygen atoms in total. The molecule has 2 aliphatic heterocycles. The van der Waals surface area contributed by atoms with E-state index in [2.05, 4.69) is 33.4 Å². The molecule has 130 valence electrons. The molecular formula is C19H30O4. The van der Waals surface area contributed by atoms with Crippen LogP contribution in [0.5, 0.6) is 0 Å².